The molecule has 4 aliphatic rings. The number of aromatic nitrogens is 1. The molecule has 0 amide bonds. The molecule has 0 bridgehead atoms. The second-order valence-corrected chi connectivity index (χ2v) is 16.6. The number of hydrogen-bond donors (Lipinski definition) is 2. The van der Waals surface area contributed by atoms with Crippen LogP contribution in [0.1, 0.15) is 65.3 Å². The van der Waals surface area contributed by atoms with E-state index in [0.29, 0.717) is 0 Å². The number of aliphatic imine (C=N–C) groups is 1. The summed E-state index contributed by atoms with van der Waals surface area (Å²) in [6, 6.07) is 63.7. The van der Waals surface area contributed by atoms with Crippen molar-refractivity contribution in [1.82, 2.24) is 15.2 Å². The smallest absolute Gasteiger partial charge is 0.131 e. The number of hydrogen-bond acceptors (Lipinski definition) is 4. The highest BCUT2D eigenvalue weighted by atomic mass is 15.3. The molecule has 2 aliphatic carbocycles. The molecule has 0 fully saturated rings. The number of nitrogens with one attached hydrogen (secondary N) is 2. The minimum Gasteiger partial charge on any atom is -0.350 e. The molecule has 5 heteroatoms. The normalized spacial score (nSPS) is 19.3. The molecule has 298 valence electrons. The van der Waals surface area contributed by atoms with Gasteiger partial charge in [-0.05, 0) is 71.9 Å². The van der Waals surface area contributed by atoms with Crippen molar-refractivity contribution in [2.75, 3.05) is 4.90 Å². The van der Waals surface area contributed by atoms with Gasteiger partial charge in [0.05, 0.1) is 16.7 Å². The first-order valence-corrected chi connectivity index (χ1v) is 21.9. The molecular weight excluding hydrogens is 755 g/mol. The van der Waals surface area contributed by atoms with Crippen molar-refractivity contribution in [3.05, 3.63) is 246 Å². The predicted octanol–water partition coefficient (Wildman–Crippen LogP) is 13.3. The van der Waals surface area contributed by atoms with Gasteiger partial charge in [-0.15, -0.1) is 0 Å². The Morgan fingerprint density at radius 3 is 2.13 bits per heavy atom. The van der Waals surface area contributed by atoms with Crippen LogP contribution in [0.25, 0.3) is 44.2 Å². The zero-order valence-corrected chi connectivity index (χ0v) is 34.3. The number of allylic oxidation sites excluding steroid dienone is 7. The van der Waals surface area contributed by atoms with Crippen LogP contribution in [0.15, 0.2) is 223 Å². The van der Waals surface area contributed by atoms with Crippen LogP contribution < -0.4 is 15.5 Å². The van der Waals surface area contributed by atoms with Crippen LogP contribution in [-0.2, 0) is 0 Å². The maximum atomic E-state index is 5.31. The van der Waals surface area contributed by atoms with Crippen LogP contribution in [0.5, 0.6) is 0 Å². The highest BCUT2D eigenvalue weighted by Crippen LogP contribution is 2.53. The molecule has 2 aliphatic heterocycles. The summed E-state index contributed by atoms with van der Waals surface area (Å²) in [6.07, 6.45) is 14.6. The maximum Gasteiger partial charge on any atom is 0.131 e. The quantitative estimate of drug-likeness (QED) is 0.169. The lowest BCUT2D eigenvalue weighted by Crippen LogP contribution is -2.44. The highest BCUT2D eigenvalue weighted by Gasteiger charge is 2.38. The van der Waals surface area contributed by atoms with Crippen LogP contribution in [0, 0.1) is 0 Å². The largest absolute Gasteiger partial charge is 0.350 e. The number of benzene rings is 7. The maximum absolute atomic E-state index is 5.31. The number of rotatable bonds is 7. The second-order valence-electron chi connectivity index (χ2n) is 16.6. The monoisotopic (exact) mass is 799 g/mol. The van der Waals surface area contributed by atoms with Gasteiger partial charge in [0.15, 0.2) is 0 Å². The molecule has 3 unspecified atom stereocenters. The molecule has 3 heterocycles. The van der Waals surface area contributed by atoms with Gasteiger partial charge in [0, 0.05) is 56.0 Å². The fraction of sp³-hybridized carbons (Fsp3) is 0.105. The van der Waals surface area contributed by atoms with Gasteiger partial charge in [-0.25, -0.2) is 4.99 Å². The van der Waals surface area contributed by atoms with Gasteiger partial charge in [0.2, 0.25) is 0 Å². The van der Waals surface area contributed by atoms with Crippen LogP contribution in [0.4, 0.5) is 5.69 Å². The Kier molecular flexibility index (Phi) is 8.93. The van der Waals surface area contributed by atoms with Crippen molar-refractivity contribution in [2.45, 2.75) is 37.5 Å². The van der Waals surface area contributed by atoms with E-state index in [9.17, 15) is 0 Å². The topological polar surface area (TPSA) is 44.6 Å². The van der Waals surface area contributed by atoms with E-state index < -0.39 is 0 Å². The van der Waals surface area contributed by atoms with E-state index in [4.69, 9.17) is 4.99 Å². The van der Waals surface area contributed by atoms with Gasteiger partial charge in [0.1, 0.15) is 18.2 Å². The standard InChI is InChI=1S/C57H45N5/c1-4-19-38(20-5-1)55-58-56(39-21-6-2-7-22-39)60-57(59-55)41-24-16-23-40(37-41)43-30-17-31-47-45-28-11-14-35-51(45)62(53(43)47)52-36-15-12-29-46(52)49-33-18-32-48-44-27-10-13-34-50(44)61(54(48)49)42-25-8-3-9-26-42/h1-2,4-8,10-31,33-37,48,55-56,58H,3,9,32H2,(H,59,60). The second kappa shape index (κ2) is 15.2. The lowest BCUT2D eigenvalue weighted by atomic mass is 9.85. The zero-order chi connectivity index (χ0) is 41.0. The molecule has 8 aromatic rings. The summed E-state index contributed by atoms with van der Waals surface area (Å²) in [5.74, 6) is 1.14. The molecule has 3 atom stereocenters. The van der Waals surface area contributed by atoms with Gasteiger partial charge >= 0.3 is 0 Å². The molecule has 1 aromatic heterocycles. The first-order chi connectivity index (χ1) is 30.8. The van der Waals surface area contributed by atoms with Crippen molar-refractivity contribution in [3.8, 4) is 16.8 Å². The minimum atomic E-state index is -0.207. The van der Waals surface area contributed by atoms with E-state index in [1.165, 1.54) is 66.8 Å². The minimum absolute atomic E-state index is 0.113. The third kappa shape index (κ3) is 6.07. The predicted molar refractivity (Wildman–Crippen MR) is 256 cm³/mol. The number of para-hydroxylation sites is 4. The third-order valence-corrected chi connectivity index (χ3v) is 13.0. The summed E-state index contributed by atoms with van der Waals surface area (Å²) in [4.78, 5) is 7.86. The zero-order valence-electron chi connectivity index (χ0n) is 34.3. The SMILES string of the molecule is C1=CC(N2C3=C(c4ccccc4-n4c5ccccc5c5cccc(-c6cccc(C7=NC(c8ccccc8)NC(c8ccccc8)N7)c6)c54)C=CCC3c3ccccc32)=CCC1. The van der Waals surface area contributed by atoms with E-state index in [0.717, 1.165) is 47.4 Å². The summed E-state index contributed by atoms with van der Waals surface area (Å²) in [5.41, 5.74) is 17.0. The fourth-order valence-electron chi connectivity index (χ4n) is 10.2. The third-order valence-electron chi connectivity index (χ3n) is 13.0. The molecule has 12 rings (SSSR count). The van der Waals surface area contributed by atoms with Gasteiger partial charge in [0.25, 0.3) is 0 Å². The molecule has 0 saturated heterocycles. The first-order valence-electron chi connectivity index (χ1n) is 21.9. The van der Waals surface area contributed by atoms with Crippen LogP contribution in [-0.4, -0.2) is 10.4 Å². The Balaban J connectivity index is 1.04. The Morgan fingerprint density at radius 1 is 0.565 bits per heavy atom. The van der Waals surface area contributed by atoms with Crippen molar-refractivity contribution in [2.24, 2.45) is 4.99 Å². The molecule has 0 spiro atoms. The molecule has 62 heavy (non-hydrogen) atoms. The summed E-state index contributed by atoms with van der Waals surface area (Å²) >= 11 is 0. The van der Waals surface area contributed by atoms with Gasteiger partial charge in [-0.1, -0.05) is 176 Å². The molecular formula is C57H45N5. The first kappa shape index (κ1) is 36.4. The van der Waals surface area contributed by atoms with Crippen LogP contribution >= 0.6 is 0 Å². The molecule has 5 nitrogen and oxygen atoms in total. The summed E-state index contributed by atoms with van der Waals surface area (Å²) < 4.78 is 2.52. The average Bonchev–Trinajstić information content (AvgIpc) is 3.88. The lowest BCUT2D eigenvalue weighted by molar-refractivity contribution is 0.409. The van der Waals surface area contributed by atoms with E-state index in [1.54, 1.807) is 0 Å². The van der Waals surface area contributed by atoms with E-state index in [2.05, 4.69) is 226 Å². The van der Waals surface area contributed by atoms with E-state index in [-0.39, 0.29) is 18.2 Å². The fourth-order valence-corrected chi connectivity index (χ4v) is 10.2. The Hall–Kier alpha value is -7.47. The van der Waals surface area contributed by atoms with Crippen molar-refractivity contribution >= 4 is 38.9 Å². The Morgan fingerprint density at radius 2 is 1.27 bits per heavy atom. The van der Waals surface area contributed by atoms with E-state index >= 15 is 0 Å². The summed E-state index contributed by atoms with van der Waals surface area (Å²) in [5, 5.41) is 9.98. The Labute approximate surface area is 362 Å². The van der Waals surface area contributed by atoms with Crippen molar-refractivity contribution in [1.29, 1.82) is 0 Å². The lowest BCUT2D eigenvalue weighted by Gasteiger charge is -2.32. The number of anilines is 1. The molecule has 0 radical (unpaired) electrons. The number of fused-ring (bicyclic) bond motifs is 6. The highest BCUT2D eigenvalue weighted by molar-refractivity contribution is 6.14. The molecule has 0 saturated carbocycles. The van der Waals surface area contributed by atoms with Gasteiger partial charge in [-0.3, -0.25) is 5.32 Å². The van der Waals surface area contributed by atoms with Gasteiger partial charge in [-0.2, -0.15) is 0 Å². The molecule has 7 aromatic carbocycles. The van der Waals surface area contributed by atoms with Crippen molar-refractivity contribution in [3.63, 3.8) is 0 Å². The number of nitrogens with zero attached hydrogens (tertiary/aromatic N) is 3. The number of amidine groups is 1. The average molecular weight is 800 g/mol. The summed E-state index contributed by atoms with van der Waals surface area (Å²) in [7, 11) is 0. The Bertz CT molecular complexity index is 3180. The molecule has 2 N–H and O–H groups in total. The van der Waals surface area contributed by atoms with Crippen molar-refractivity contribution < 1.29 is 0 Å². The van der Waals surface area contributed by atoms with Crippen LogP contribution in [0.2, 0.25) is 0 Å². The summed E-state index contributed by atoms with van der Waals surface area (Å²) in [6.45, 7) is 0. The van der Waals surface area contributed by atoms with Crippen LogP contribution in [0.3, 0.4) is 0 Å². The van der Waals surface area contributed by atoms with Gasteiger partial charge < -0.3 is 14.8 Å². The van der Waals surface area contributed by atoms with E-state index in [1.807, 2.05) is 0 Å².